The number of amides is 4. The average Bonchev–Trinajstić information content (AvgIpc) is 3.39. The van der Waals surface area contributed by atoms with Crippen LogP contribution in [0.15, 0.2) is 60.7 Å². The van der Waals surface area contributed by atoms with E-state index in [2.05, 4.69) is 10.6 Å². The maximum absolute atomic E-state index is 13.4. The summed E-state index contributed by atoms with van der Waals surface area (Å²) in [6, 6.07) is 13.5. The zero-order valence-electron chi connectivity index (χ0n) is 20.9. The summed E-state index contributed by atoms with van der Waals surface area (Å²) in [5.74, 6) is -3.97. The number of carboxylic acids is 1. The number of rotatable bonds is 12. The molecule has 11 nitrogen and oxygen atoms in total. The fraction of sp³-hybridized carbons (Fsp3) is 0.370. The first-order valence-electron chi connectivity index (χ1n) is 12.4. The largest absolute Gasteiger partial charge is 0.480 e. The highest BCUT2D eigenvalue weighted by atomic mass is 16.4. The van der Waals surface area contributed by atoms with Gasteiger partial charge < -0.3 is 32.1 Å². The first kappa shape index (κ1) is 28.3. The molecule has 202 valence electrons. The van der Waals surface area contributed by atoms with Crippen LogP contribution < -0.4 is 22.1 Å². The lowest BCUT2D eigenvalue weighted by Crippen LogP contribution is -2.58. The maximum Gasteiger partial charge on any atom is 0.326 e. The normalized spacial score (nSPS) is 17.2. The number of aliphatic carboxylic acids is 1. The van der Waals surface area contributed by atoms with Crippen molar-refractivity contribution in [1.82, 2.24) is 15.5 Å². The van der Waals surface area contributed by atoms with Gasteiger partial charge in [0.2, 0.25) is 23.6 Å². The fourth-order valence-corrected chi connectivity index (χ4v) is 4.46. The molecule has 2 aromatic rings. The first-order chi connectivity index (χ1) is 18.2. The predicted molar refractivity (Wildman–Crippen MR) is 138 cm³/mol. The Bertz CT molecular complexity index is 1140. The van der Waals surface area contributed by atoms with Crippen LogP contribution in [0.1, 0.15) is 30.4 Å². The molecule has 38 heavy (non-hydrogen) atoms. The number of carboxylic acid groups (broad SMARTS) is 1. The van der Waals surface area contributed by atoms with Crippen molar-refractivity contribution in [2.45, 2.75) is 56.3 Å². The Morgan fingerprint density at radius 3 is 1.97 bits per heavy atom. The quantitative estimate of drug-likeness (QED) is 0.253. The summed E-state index contributed by atoms with van der Waals surface area (Å²) in [5.41, 5.74) is 12.9. The van der Waals surface area contributed by atoms with Gasteiger partial charge in [-0.15, -0.1) is 0 Å². The molecule has 7 N–H and O–H groups in total. The minimum Gasteiger partial charge on any atom is -0.480 e. The van der Waals surface area contributed by atoms with E-state index in [0.29, 0.717) is 12.8 Å². The second-order valence-electron chi connectivity index (χ2n) is 9.31. The summed E-state index contributed by atoms with van der Waals surface area (Å²) in [4.78, 5) is 64.1. The standard InChI is InChI=1S/C27H33N5O6/c28-19(14-17-8-3-1-4-9-17)24(34)30-20(16-23(29)33)25(35)31-21(15-18-10-5-2-6-11-18)26(36)32-13-7-12-22(32)27(37)38/h1-6,8-11,19-22H,7,12-16,28H2,(H2,29,33)(H,30,34)(H,31,35)(H,37,38)/t19-,20-,21-,22-/m0/s1. The second-order valence-corrected chi connectivity index (χ2v) is 9.31. The monoisotopic (exact) mass is 523 g/mol. The van der Waals surface area contributed by atoms with Gasteiger partial charge in [-0.3, -0.25) is 19.2 Å². The summed E-state index contributed by atoms with van der Waals surface area (Å²) in [5, 5.41) is 14.6. The molecule has 0 spiro atoms. The van der Waals surface area contributed by atoms with Crippen LogP contribution in [0.5, 0.6) is 0 Å². The number of primary amides is 1. The molecule has 1 saturated heterocycles. The highest BCUT2D eigenvalue weighted by molar-refractivity contribution is 5.96. The Balaban J connectivity index is 1.77. The van der Waals surface area contributed by atoms with Crippen molar-refractivity contribution in [1.29, 1.82) is 0 Å². The van der Waals surface area contributed by atoms with Gasteiger partial charge in [0.25, 0.3) is 0 Å². The van der Waals surface area contributed by atoms with Gasteiger partial charge in [0, 0.05) is 13.0 Å². The van der Waals surface area contributed by atoms with Crippen LogP contribution in [0.3, 0.4) is 0 Å². The Hall–Kier alpha value is -4.25. The Labute approximate surface area is 220 Å². The van der Waals surface area contributed by atoms with Crippen molar-refractivity contribution in [3.8, 4) is 0 Å². The van der Waals surface area contributed by atoms with Crippen molar-refractivity contribution in [3.63, 3.8) is 0 Å². The van der Waals surface area contributed by atoms with Crippen LogP contribution in [0, 0.1) is 0 Å². The number of nitrogens with two attached hydrogens (primary N) is 2. The van der Waals surface area contributed by atoms with E-state index in [1.165, 1.54) is 4.90 Å². The SMILES string of the molecule is NC(=O)C[C@H](NC(=O)[C@@H](N)Cc1ccccc1)C(=O)N[C@@H](Cc1ccccc1)C(=O)N1CCC[C@H]1C(=O)O. The molecule has 1 aliphatic heterocycles. The third-order valence-corrected chi connectivity index (χ3v) is 6.39. The molecule has 0 aliphatic carbocycles. The van der Waals surface area contributed by atoms with Gasteiger partial charge >= 0.3 is 5.97 Å². The highest BCUT2D eigenvalue weighted by Crippen LogP contribution is 2.20. The van der Waals surface area contributed by atoms with Crippen molar-refractivity contribution in [2.24, 2.45) is 11.5 Å². The number of nitrogens with one attached hydrogen (secondary N) is 2. The van der Waals surface area contributed by atoms with E-state index >= 15 is 0 Å². The van der Waals surface area contributed by atoms with E-state index in [9.17, 15) is 29.1 Å². The van der Waals surface area contributed by atoms with Crippen LogP contribution in [0.25, 0.3) is 0 Å². The van der Waals surface area contributed by atoms with E-state index in [1.807, 2.05) is 30.3 Å². The van der Waals surface area contributed by atoms with Gasteiger partial charge in [-0.25, -0.2) is 4.79 Å². The molecule has 0 bridgehead atoms. The summed E-state index contributed by atoms with van der Waals surface area (Å²) in [7, 11) is 0. The molecular formula is C27H33N5O6. The number of nitrogens with zero attached hydrogens (tertiary/aromatic N) is 1. The minimum atomic E-state index is -1.37. The van der Waals surface area contributed by atoms with Crippen molar-refractivity contribution in [2.75, 3.05) is 6.54 Å². The Kier molecular flexibility index (Phi) is 9.94. The third-order valence-electron chi connectivity index (χ3n) is 6.39. The zero-order valence-corrected chi connectivity index (χ0v) is 20.9. The topological polar surface area (TPSA) is 185 Å². The molecule has 1 fully saturated rings. The zero-order chi connectivity index (χ0) is 27.7. The molecule has 4 amide bonds. The third kappa shape index (κ3) is 7.87. The number of hydrogen-bond acceptors (Lipinski definition) is 6. The minimum absolute atomic E-state index is 0.0824. The van der Waals surface area contributed by atoms with Crippen LogP contribution in [0.2, 0.25) is 0 Å². The van der Waals surface area contributed by atoms with Crippen molar-refractivity contribution < 1.29 is 29.1 Å². The lowest BCUT2D eigenvalue weighted by molar-refractivity contribution is -0.149. The summed E-state index contributed by atoms with van der Waals surface area (Å²) >= 11 is 0. The van der Waals surface area contributed by atoms with Gasteiger partial charge in [0.05, 0.1) is 12.5 Å². The summed E-state index contributed by atoms with van der Waals surface area (Å²) in [6.07, 6.45) is 0.613. The van der Waals surface area contributed by atoms with Gasteiger partial charge in [-0.1, -0.05) is 60.7 Å². The highest BCUT2D eigenvalue weighted by Gasteiger charge is 2.38. The summed E-state index contributed by atoms with van der Waals surface area (Å²) < 4.78 is 0. The lowest BCUT2D eigenvalue weighted by atomic mass is 10.0. The number of carbonyl (C=O) groups excluding carboxylic acids is 4. The predicted octanol–water partition coefficient (Wildman–Crippen LogP) is -0.280. The van der Waals surface area contributed by atoms with E-state index < -0.39 is 60.2 Å². The van der Waals surface area contributed by atoms with Crippen LogP contribution in [-0.2, 0) is 36.8 Å². The molecule has 1 aliphatic rings. The fourth-order valence-electron chi connectivity index (χ4n) is 4.46. The maximum atomic E-state index is 13.4. The van der Waals surface area contributed by atoms with Crippen LogP contribution in [-0.4, -0.2) is 70.3 Å². The van der Waals surface area contributed by atoms with E-state index in [4.69, 9.17) is 11.5 Å². The number of benzene rings is 2. The van der Waals surface area contributed by atoms with Gasteiger partial charge in [-0.05, 0) is 30.4 Å². The number of carbonyl (C=O) groups is 5. The molecule has 0 radical (unpaired) electrons. The van der Waals surface area contributed by atoms with Gasteiger partial charge in [-0.2, -0.15) is 0 Å². The number of hydrogen-bond donors (Lipinski definition) is 5. The van der Waals surface area contributed by atoms with E-state index in [-0.39, 0.29) is 19.4 Å². The lowest BCUT2D eigenvalue weighted by Gasteiger charge is -2.29. The molecule has 0 aromatic heterocycles. The Morgan fingerprint density at radius 1 is 0.868 bits per heavy atom. The van der Waals surface area contributed by atoms with E-state index in [1.54, 1.807) is 30.3 Å². The molecule has 4 atom stereocenters. The summed E-state index contributed by atoms with van der Waals surface area (Å²) in [6.45, 7) is 0.243. The molecule has 11 heteroatoms. The number of likely N-dealkylation sites (tertiary alicyclic amines) is 1. The smallest absolute Gasteiger partial charge is 0.326 e. The molecule has 1 heterocycles. The first-order valence-corrected chi connectivity index (χ1v) is 12.4. The second kappa shape index (κ2) is 13.3. The molecule has 2 aromatic carbocycles. The molecular weight excluding hydrogens is 490 g/mol. The molecule has 0 saturated carbocycles. The molecule has 0 unspecified atom stereocenters. The van der Waals surface area contributed by atoms with E-state index in [0.717, 1.165) is 11.1 Å². The van der Waals surface area contributed by atoms with Gasteiger partial charge in [0.15, 0.2) is 0 Å². The van der Waals surface area contributed by atoms with Crippen LogP contribution in [0.4, 0.5) is 0 Å². The average molecular weight is 524 g/mol. The van der Waals surface area contributed by atoms with Crippen LogP contribution >= 0.6 is 0 Å². The molecule has 3 rings (SSSR count). The van der Waals surface area contributed by atoms with Crippen molar-refractivity contribution >= 4 is 29.6 Å². The van der Waals surface area contributed by atoms with Gasteiger partial charge in [0.1, 0.15) is 18.1 Å². The van der Waals surface area contributed by atoms with Crippen molar-refractivity contribution in [3.05, 3.63) is 71.8 Å². The Morgan fingerprint density at radius 2 is 1.42 bits per heavy atom.